The van der Waals surface area contributed by atoms with E-state index in [9.17, 15) is 18.6 Å². The number of hydrogen-bond acceptors (Lipinski definition) is 5. The van der Waals surface area contributed by atoms with Crippen LogP contribution in [-0.4, -0.2) is 39.5 Å². The second-order valence-electron chi connectivity index (χ2n) is 5.58. The highest BCUT2D eigenvalue weighted by Crippen LogP contribution is 2.11. The lowest BCUT2D eigenvalue weighted by Gasteiger charge is -2.07. The zero-order valence-electron chi connectivity index (χ0n) is 14.6. The Balaban J connectivity index is 1.86. The smallest absolute Gasteiger partial charge is 0.338 e. The molecule has 1 amide bonds. The van der Waals surface area contributed by atoms with E-state index < -0.39 is 28.6 Å². The molecular weight excluding hydrogens is 370 g/mol. The van der Waals surface area contributed by atoms with Gasteiger partial charge in [0.15, 0.2) is 0 Å². The first kappa shape index (κ1) is 20.3. The first-order valence-electron chi connectivity index (χ1n) is 8.13. The van der Waals surface area contributed by atoms with E-state index in [1.165, 1.54) is 24.3 Å². The number of aromatic carboxylic acids is 1. The molecule has 0 aliphatic carbocycles. The normalized spacial score (nSPS) is 11.4. The Labute approximate surface area is 158 Å². The number of carboxylic acid groups (broad SMARTS) is 1. The number of ether oxygens (including phenoxy) is 1. The molecule has 142 valence electrons. The number of nitrogens with one attached hydrogen (secondary N) is 1. The summed E-state index contributed by atoms with van der Waals surface area (Å²) in [6.07, 6.45) is 0. The SMILES string of the molecule is CCOC(=O)c1ccc(NC(=O)CS(=O)Cc2ccc(C(=O)O)cc2)cc1. The van der Waals surface area contributed by atoms with Crippen molar-refractivity contribution in [3.63, 3.8) is 0 Å². The quantitative estimate of drug-likeness (QED) is 0.671. The van der Waals surface area contributed by atoms with Gasteiger partial charge in [-0.3, -0.25) is 9.00 Å². The molecule has 2 aromatic rings. The van der Waals surface area contributed by atoms with E-state index in [2.05, 4.69) is 5.32 Å². The molecule has 0 saturated heterocycles. The number of anilines is 1. The highest BCUT2D eigenvalue weighted by Gasteiger charge is 2.11. The zero-order chi connectivity index (χ0) is 19.8. The van der Waals surface area contributed by atoms with Crippen LogP contribution >= 0.6 is 0 Å². The Kier molecular flexibility index (Phi) is 7.25. The van der Waals surface area contributed by atoms with Crippen LogP contribution in [0.1, 0.15) is 33.2 Å². The van der Waals surface area contributed by atoms with Gasteiger partial charge in [-0.05, 0) is 48.9 Å². The fourth-order valence-corrected chi connectivity index (χ4v) is 3.26. The molecule has 2 aromatic carbocycles. The van der Waals surface area contributed by atoms with Crippen molar-refractivity contribution < 1.29 is 28.4 Å². The molecule has 0 radical (unpaired) electrons. The monoisotopic (exact) mass is 389 g/mol. The first-order valence-corrected chi connectivity index (χ1v) is 9.62. The third kappa shape index (κ3) is 6.34. The second kappa shape index (κ2) is 9.63. The van der Waals surface area contributed by atoms with Crippen LogP contribution in [0, 0.1) is 0 Å². The number of esters is 1. The van der Waals surface area contributed by atoms with Gasteiger partial charge in [0.05, 0.1) is 17.7 Å². The maximum absolute atomic E-state index is 12.1. The van der Waals surface area contributed by atoms with E-state index in [0.29, 0.717) is 16.8 Å². The first-order chi connectivity index (χ1) is 12.9. The molecule has 0 aliphatic rings. The van der Waals surface area contributed by atoms with E-state index in [-0.39, 0.29) is 23.7 Å². The minimum atomic E-state index is -1.44. The van der Waals surface area contributed by atoms with Crippen molar-refractivity contribution in [3.8, 4) is 0 Å². The lowest BCUT2D eigenvalue weighted by atomic mass is 10.1. The summed E-state index contributed by atoms with van der Waals surface area (Å²) >= 11 is 0. The third-order valence-electron chi connectivity index (χ3n) is 3.50. The summed E-state index contributed by atoms with van der Waals surface area (Å²) in [5, 5.41) is 11.5. The van der Waals surface area contributed by atoms with Crippen molar-refractivity contribution in [1.29, 1.82) is 0 Å². The van der Waals surface area contributed by atoms with Gasteiger partial charge in [-0.1, -0.05) is 12.1 Å². The van der Waals surface area contributed by atoms with Gasteiger partial charge >= 0.3 is 11.9 Å². The fraction of sp³-hybridized carbons (Fsp3) is 0.211. The third-order valence-corrected chi connectivity index (χ3v) is 4.74. The number of carbonyl (C=O) groups excluding carboxylic acids is 2. The molecule has 7 nitrogen and oxygen atoms in total. The molecule has 0 saturated carbocycles. The molecule has 27 heavy (non-hydrogen) atoms. The molecule has 1 unspecified atom stereocenters. The van der Waals surface area contributed by atoms with Crippen LogP contribution in [-0.2, 0) is 26.1 Å². The van der Waals surface area contributed by atoms with Crippen molar-refractivity contribution in [2.75, 3.05) is 17.7 Å². The largest absolute Gasteiger partial charge is 0.478 e. The van der Waals surface area contributed by atoms with E-state index in [4.69, 9.17) is 9.84 Å². The molecule has 0 aliphatic heterocycles. The predicted octanol–water partition coefficient (Wildman–Crippen LogP) is 2.45. The molecule has 0 aromatic heterocycles. The van der Waals surface area contributed by atoms with Crippen molar-refractivity contribution in [2.24, 2.45) is 0 Å². The Morgan fingerprint density at radius 1 is 1.00 bits per heavy atom. The maximum atomic E-state index is 12.1. The molecule has 2 N–H and O–H groups in total. The van der Waals surface area contributed by atoms with E-state index >= 15 is 0 Å². The van der Waals surface area contributed by atoms with E-state index in [1.807, 2.05) is 0 Å². The Bertz CT molecular complexity index is 846. The van der Waals surface area contributed by atoms with Gasteiger partial charge in [-0.15, -0.1) is 0 Å². The summed E-state index contributed by atoms with van der Waals surface area (Å²) in [6.45, 7) is 2.00. The summed E-state index contributed by atoms with van der Waals surface area (Å²) < 4.78 is 17.0. The molecule has 1 atom stereocenters. The highest BCUT2D eigenvalue weighted by molar-refractivity contribution is 7.84. The average Bonchev–Trinajstić information content (AvgIpc) is 2.62. The Morgan fingerprint density at radius 2 is 1.59 bits per heavy atom. The summed E-state index contributed by atoms with van der Waals surface area (Å²) in [5.41, 5.74) is 1.69. The molecule has 0 heterocycles. The van der Waals surface area contributed by atoms with Crippen molar-refractivity contribution in [2.45, 2.75) is 12.7 Å². The van der Waals surface area contributed by atoms with Crippen LogP contribution in [0.2, 0.25) is 0 Å². The van der Waals surface area contributed by atoms with Gasteiger partial charge in [0, 0.05) is 22.2 Å². The fourth-order valence-electron chi connectivity index (χ4n) is 2.23. The summed E-state index contributed by atoms with van der Waals surface area (Å²) in [5.74, 6) is -1.93. The molecule has 2 rings (SSSR count). The number of rotatable bonds is 8. The van der Waals surface area contributed by atoms with Crippen LogP contribution in [0.25, 0.3) is 0 Å². The Hall–Kier alpha value is -3.00. The lowest BCUT2D eigenvalue weighted by Crippen LogP contribution is -2.20. The highest BCUT2D eigenvalue weighted by atomic mass is 32.2. The Morgan fingerprint density at radius 3 is 2.15 bits per heavy atom. The lowest BCUT2D eigenvalue weighted by molar-refractivity contribution is -0.113. The van der Waals surface area contributed by atoms with E-state index in [0.717, 1.165) is 0 Å². The number of carbonyl (C=O) groups is 3. The van der Waals surface area contributed by atoms with Crippen molar-refractivity contribution >= 4 is 34.3 Å². The van der Waals surface area contributed by atoms with Crippen LogP contribution in [0.5, 0.6) is 0 Å². The minimum Gasteiger partial charge on any atom is -0.478 e. The van der Waals surface area contributed by atoms with Crippen molar-refractivity contribution in [1.82, 2.24) is 0 Å². The van der Waals surface area contributed by atoms with Gasteiger partial charge in [-0.25, -0.2) is 9.59 Å². The average molecular weight is 389 g/mol. The molecule has 8 heteroatoms. The van der Waals surface area contributed by atoms with Crippen LogP contribution in [0.15, 0.2) is 48.5 Å². The summed E-state index contributed by atoms with van der Waals surface area (Å²) in [7, 11) is -1.44. The topological polar surface area (TPSA) is 110 Å². The minimum absolute atomic E-state index is 0.147. The van der Waals surface area contributed by atoms with Crippen molar-refractivity contribution in [3.05, 3.63) is 65.2 Å². The maximum Gasteiger partial charge on any atom is 0.338 e. The predicted molar refractivity (Wildman–Crippen MR) is 101 cm³/mol. The molecule has 0 fully saturated rings. The summed E-state index contributed by atoms with van der Waals surface area (Å²) in [4.78, 5) is 34.4. The van der Waals surface area contributed by atoms with Gasteiger partial charge < -0.3 is 15.2 Å². The number of benzene rings is 2. The number of carboxylic acids is 1. The van der Waals surface area contributed by atoms with Crippen LogP contribution in [0.3, 0.4) is 0 Å². The van der Waals surface area contributed by atoms with Crippen LogP contribution < -0.4 is 5.32 Å². The number of amides is 1. The number of hydrogen-bond donors (Lipinski definition) is 2. The second-order valence-corrected chi connectivity index (χ2v) is 7.03. The van der Waals surface area contributed by atoms with Gasteiger partial charge in [0.2, 0.25) is 5.91 Å². The molecule has 0 bridgehead atoms. The molecule has 0 spiro atoms. The zero-order valence-corrected chi connectivity index (χ0v) is 15.5. The van der Waals surface area contributed by atoms with Gasteiger partial charge in [0.1, 0.15) is 5.75 Å². The van der Waals surface area contributed by atoms with Crippen LogP contribution in [0.4, 0.5) is 5.69 Å². The molecular formula is C19H19NO6S. The van der Waals surface area contributed by atoms with Gasteiger partial charge in [0.25, 0.3) is 0 Å². The standard InChI is InChI=1S/C19H19NO6S/c1-2-26-19(24)15-7-9-16(10-8-15)20-17(21)12-27(25)11-13-3-5-14(6-4-13)18(22)23/h3-10H,2,11-12H2,1H3,(H,20,21)(H,22,23). The summed E-state index contributed by atoms with van der Waals surface area (Å²) in [6, 6.07) is 12.2. The van der Waals surface area contributed by atoms with E-state index in [1.54, 1.807) is 31.2 Å². The van der Waals surface area contributed by atoms with Gasteiger partial charge in [-0.2, -0.15) is 0 Å².